The summed E-state index contributed by atoms with van der Waals surface area (Å²) in [4.78, 5) is 25.5. The van der Waals surface area contributed by atoms with Crippen LogP contribution in [-0.4, -0.2) is 39.3 Å². The summed E-state index contributed by atoms with van der Waals surface area (Å²) in [5.41, 5.74) is 0.610. The second-order valence-electron chi connectivity index (χ2n) is 4.90. The summed E-state index contributed by atoms with van der Waals surface area (Å²) in [5, 5.41) is 9.22. The third-order valence-electron chi connectivity index (χ3n) is 3.52. The van der Waals surface area contributed by atoms with Crippen LogP contribution < -0.4 is 0 Å². The van der Waals surface area contributed by atoms with Crippen molar-refractivity contribution in [2.75, 3.05) is 6.54 Å². The smallest absolute Gasteiger partial charge is 0.326 e. The number of carboxylic acids is 1. The fourth-order valence-electron chi connectivity index (χ4n) is 2.45. The van der Waals surface area contributed by atoms with Crippen LogP contribution in [0.2, 0.25) is 0 Å². The van der Waals surface area contributed by atoms with Gasteiger partial charge in [-0.1, -0.05) is 42.5 Å². The molecule has 0 radical (unpaired) electrons. The van der Waals surface area contributed by atoms with Crippen LogP contribution in [0, 0.1) is 0 Å². The van der Waals surface area contributed by atoms with Crippen molar-refractivity contribution in [3.63, 3.8) is 0 Å². The zero-order valence-electron chi connectivity index (χ0n) is 11.1. The molecule has 0 bridgehead atoms. The van der Waals surface area contributed by atoms with Gasteiger partial charge in [-0.15, -0.1) is 0 Å². The maximum absolute atomic E-state index is 12.1. The zero-order valence-corrected chi connectivity index (χ0v) is 11.9. The second-order valence-corrected chi connectivity index (χ2v) is 5.37. The van der Waals surface area contributed by atoms with Crippen molar-refractivity contribution in [2.24, 2.45) is 0 Å². The Labute approximate surface area is 123 Å². The van der Waals surface area contributed by atoms with Crippen LogP contribution >= 0.6 is 12.2 Å². The van der Waals surface area contributed by atoms with E-state index < -0.39 is 12.0 Å². The van der Waals surface area contributed by atoms with Crippen LogP contribution in [-0.2, 0) is 4.79 Å². The summed E-state index contributed by atoms with van der Waals surface area (Å²) in [6, 6.07) is 8.36. The van der Waals surface area contributed by atoms with E-state index in [0.717, 1.165) is 12.8 Å². The highest BCUT2D eigenvalue weighted by atomic mass is 32.1. The molecular weight excluding hydrogens is 274 g/mol. The van der Waals surface area contributed by atoms with Crippen molar-refractivity contribution in [2.45, 2.75) is 31.7 Å². The quantitative estimate of drug-likeness (QED) is 0.682. The van der Waals surface area contributed by atoms with Gasteiger partial charge in [0.1, 0.15) is 6.04 Å². The Balaban J connectivity index is 2.03. The van der Waals surface area contributed by atoms with Gasteiger partial charge in [-0.05, 0) is 19.3 Å². The second kappa shape index (κ2) is 6.61. The molecule has 20 heavy (non-hydrogen) atoms. The van der Waals surface area contributed by atoms with Crippen molar-refractivity contribution >= 4 is 29.0 Å². The van der Waals surface area contributed by atoms with E-state index in [4.69, 9.17) is 12.2 Å². The standard InChI is InChI=1S/C15H17NO3S/c17-13(11-6-2-1-3-7-11)10-14(20)16-9-5-4-8-12(16)15(18)19/h1-3,6-7,12H,4-5,8-10H2,(H,18,19). The lowest BCUT2D eigenvalue weighted by Crippen LogP contribution is -2.47. The number of likely N-dealkylation sites (tertiary alicyclic amines) is 1. The average Bonchev–Trinajstić information content (AvgIpc) is 2.48. The third-order valence-corrected chi connectivity index (χ3v) is 3.89. The van der Waals surface area contributed by atoms with Crippen LogP contribution in [0.4, 0.5) is 0 Å². The number of carboxylic acid groups (broad SMARTS) is 1. The van der Waals surface area contributed by atoms with Gasteiger partial charge in [0, 0.05) is 12.1 Å². The van der Waals surface area contributed by atoms with Gasteiger partial charge in [-0.3, -0.25) is 4.79 Å². The number of thiocarbonyl (C=S) groups is 1. The largest absolute Gasteiger partial charge is 0.480 e. The molecule has 1 aliphatic rings. The molecule has 1 unspecified atom stereocenters. The van der Waals surface area contributed by atoms with Crippen molar-refractivity contribution in [1.29, 1.82) is 0 Å². The molecule has 1 heterocycles. The van der Waals surface area contributed by atoms with Crippen molar-refractivity contribution < 1.29 is 14.7 Å². The number of carbonyl (C=O) groups excluding carboxylic acids is 1. The van der Waals surface area contributed by atoms with Gasteiger partial charge in [0.2, 0.25) is 0 Å². The lowest BCUT2D eigenvalue weighted by atomic mass is 10.0. The Morgan fingerprint density at radius 1 is 1.25 bits per heavy atom. The summed E-state index contributed by atoms with van der Waals surface area (Å²) in [5.74, 6) is -0.926. The molecule has 1 aliphatic heterocycles. The normalized spacial score (nSPS) is 18.6. The summed E-state index contributed by atoms with van der Waals surface area (Å²) >= 11 is 5.29. The Kier molecular flexibility index (Phi) is 4.84. The SMILES string of the molecule is O=C(CC(=S)N1CCCCC1C(=O)O)c1ccccc1. The monoisotopic (exact) mass is 291 g/mol. The molecule has 1 fully saturated rings. The highest BCUT2D eigenvalue weighted by Crippen LogP contribution is 2.19. The molecule has 0 saturated carbocycles. The molecule has 1 aromatic carbocycles. The number of carbonyl (C=O) groups is 2. The van der Waals surface area contributed by atoms with E-state index in [9.17, 15) is 14.7 Å². The zero-order chi connectivity index (χ0) is 14.5. The summed E-state index contributed by atoms with van der Waals surface area (Å²) in [6.07, 6.45) is 2.50. The molecule has 4 nitrogen and oxygen atoms in total. The van der Waals surface area contributed by atoms with Crippen molar-refractivity contribution in [3.8, 4) is 0 Å². The van der Waals surface area contributed by atoms with Crippen molar-refractivity contribution in [1.82, 2.24) is 4.90 Å². The third kappa shape index (κ3) is 3.42. The molecule has 0 aliphatic carbocycles. The lowest BCUT2D eigenvalue weighted by molar-refractivity contribution is -0.142. The van der Waals surface area contributed by atoms with Crippen LogP contribution in [0.15, 0.2) is 30.3 Å². The summed E-state index contributed by atoms with van der Waals surface area (Å²) in [7, 11) is 0. The predicted molar refractivity (Wildman–Crippen MR) is 80.0 cm³/mol. The lowest BCUT2D eigenvalue weighted by Gasteiger charge is -2.34. The van der Waals surface area contributed by atoms with Gasteiger partial charge >= 0.3 is 5.97 Å². The van der Waals surface area contributed by atoms with Gasteiger partial charge in [-0.2, -0.15) is 0 Å². The molecule has 1 saturated heterocycles. The summed E-state index contributed by atoms with van der Waals surface area (Å²) < 4.78 is 0. The maximum atomic E-state index is 12.1. The van der Waals surface area contributed by atoms with Crippen LogP contribution in [0.25, 0.3) is 0 Å². The van der Waals surface area contributed by atoms with E-state index in [1.54, 1.807) is 29.2 Å². The van der Waals surface area contributed by atoms with Gasteiger partial charge in [0.25, 0.3) is 0 Å². The number of rotatable bonds is 4. The minimum atomic E-state index is -0.862. The fourth-order valence-corrected chi connectivity index (χ4v) is 2.80. The molecule has 1 N–H and O–H groups in total. The number of piperidine rings is 1. The molecule has 0 amide bonds. The Bertz CT molecular complexity index is 515. The molecule has 2 rings (SSSR count). The van der Waals surface area contributed by atoms with E-state index in [1.165, 1.54) is 0 Å². The topological polar surface area (TPSA) is 57.6 Å². The first-order valence-corrected chi connectivity index (χ1v) is 7.11. The van der Waals surface area contributed by atoms with Gasteiger partial charge in [0.05, 0.1) is 11.4 Å². The molecule has 1 atom stereocenters. The number of hydrogen-bond donors (Lipinski definition) is 1. The fraction of sp³-hybridized carbons (Fsp3) is 0.400. The van der Waals surface area contributed by atoms with Crippen molar-refractivity contribution in [3.05, 3.63) is 35.9 Å². The van der Waals surface area contributed by atoms with Gasteiger partial charge in [0.15, 0.2) is 5.78 Å². The first kappa shape index (κ1) is 14.7. The number of ketones is 1. The number of Topliss-reactive ketones (excluding diaryl/α,β-unsaturated/α-hetero) is 1. The van der Waals surface area contributed by atoms with E-state index in [2.05, 4.69) is 0 Å². The van der Waals surface area contributed by atoms with Crippen LogP contribution in [0.1, 0.15) is 36.0 Å². The maximum Gasteiger partial charge on any atom is 0.326 e. The molecule has 0 aromatic heterocycles. The molecule has 0 spiro atoms. The highest BCUT2D eigenvalue weighted by molar-refractivity contribution is 7.80. The number of benzene rings is 1. The van der Waals surface area contributed by atoms with E-state index in [0.29, 0.717) is 23.5 Å². The Morgan fingerprint density at radius 2 is 1.95 bits per heavy atom. The van der Waals surface area contributed by atoms with E-state index in [1.807, 2.05) is 6.07 Å². The molecule has 106 valence electrons. The first-order chi connectivity index (χ1) is 9.59. The Morgan fingerprint density at radius 3 is 2.60 bits per heavy atom. The van der Waals surface area contributed by atoms with E-state index in [-0.39, 0.29) is 12.2 Å². The summed E-state index contributed by atoms with van der Waals surface area (Å²) in [6.45, 7) is 0.623. The van der Waals surface area contributed by atoms with Crippen LogP contribution in [0.3, 0.4) is 0 Å². The average molecular weight is 291 g/mol. The highest BCUT2D eigenvalue weighted by Gasteiger charge is 2.30. The minimum Gasteiger partial charge on any atom is -0.480 e. The molecule has 5 heteroatoms. The number of nitrogens with zero attached hydrogens (tertiary/aromatic N) is 1. The van der Waals surface area contributed by atoms with Crippen LogP contribution in [0.5, 0.6) is 0 Å². The predicted octanol–water partition coefficient (Wildman–Crippen LogP) is 2.53. The first-order valence-electron chi connectivity index (χ1n) is 6.70. The molecule has 1 aromatic rings. The number of hydrogen-bond acceptors (Lipinski definition) is 3. The van der Waals surface area contributed by atoms with Gasteiger partial charge < -0.3 is 10.0 Å². The minimum absolute atomic E-state index is 0.0645. The number of aliphatic carboxylic acids is 1. The Hall–Kier alpha value is -1.75. The van der Waals surface area contributed by atoms with Gasteiger partial charge in [-0.25, -0.2) is 4.79 Å². The van der Waals surface area contributed by atoms with E-state index >= 15 is 0 Å². The molecular formula is C15H17NO3S.